The van der Waals surface area contributed by atoms with Crippen LogP contribution in [-0.2, 0) is 11.3 Å². The summed E-state index contributed by atoms with van der Waals surface area (Å²) in [6.07, 6.45) is 1.23. The molecule has 3 aromatic carbocycles. The van der Waals surface area contributed by atoms with Crippen LogP contribution in [0.5, 0.6) is 11.5 Å². The zero-order valence-electron chi connectivity index (χ0n) is 21.1. The summed E-state index contributed by atoms with van der Waals surface area (Å²) in [4.78, 5) is 19.3. The summed E-state index contributed by atoms with van der Waals surface area (Å²) >= 11 is 0. The molecule has 1 fully saturated rings. The molecule has 0 spiro atoms. The number of carbonyl (C=O) groups excluding carboxylic acids is 1. The van der Waals surface area contributed by atoms with Crippen molar-refractivity contribution in [2.45, 2.75) is 25.4 Å². The molecule has 37 heavy (non-hydrogen) atoms. The van der Waals surface area contributed by atoms with Crippen LogP contribution in [0.1, 0.15) is 30.2 Å². The smallest absolute Gasteiger partial charge is 0.410 e. The Balaban J connectivity index is 1.32. The number of amides is 1. The van der Waals surface area contributed by atoms with E-state index in [1.807, 2.05) is 78.9 Å². The van der Waals surface area contributed by atoms with E-state index in [2.05, 4.69) is 0 Å². The third kappa shape index (κ3) is 5.61. The van der Waals surface area contributed by atoms with E-state index < -0.39 is 0 Å². The van der Waals surface area contributed by atoms with Crippen molar-refractivity contribution in [2.24, 2.45) is 0 Å². The molecule has 7 heteroatoms. The van der Waals surface area contributed by atoms with Gasteiger partial charge >= 0.3 is 6.09 Å². The fraction of sp³-hybridized carbons (Fsp3) is 0.267. The molecule has 0 radical (unpaired) electrons. The van der Waals surface area contributed by atoms with E-state index in [0.29, 0.717) is 24.7 Å². The van der Waals surface area contributed by atoms with E-state index >= 15 is 0 Å². The quantitative estimate of drug-likeness (QED) is 0.288. The molecule has 1 amide bonds. The van der Waals surface area contributed by atoms with E-state index in [0.717, 1.165) is 46.7 Å². The van der Waals surface area contributed by atoms with Crippen LogP contribution in [0.15, 0.2) is 83.3 Å². The number of aromatic nitrogens is 1. The number of piperidine rings is 1. The molecule has 0 bridgehead atoms. The first-order valence-electron chi connectivity index (χ1n) is 12.4. The van der Waals surface area contributed by atoms with Gasteiger partial charge in [-0.1, -0.05) is 30.3 Å². The van der Waals surface area contributed by atoms with Gasteiger partial charge in [0.1, 0.15) is 23.8 Å². The normalized spacial score (nSPS) is 13.8. The van der Waals surface area contributed by atoms with Gasteiger partial charge in [0, 0.05) is 30.1 Å². The van der Waals surface area contributed by atoms with Crippen molar-refractivity contribution in [1.82, 2.24) is 9.88 Å². The molecule has 7 nitrogen and oxygen atoms in total. The maximum Gasteiger partial charge on any atom is 0.410 e. The molecule has 0 aliphatic carbocycles. The first kappa shape index (κ1) is 24.4. The summed E-state index contributed by atoms with van der Waals surface area (Å²) in [5.41, 5.74) is 3.63. The number of likely N-dealkylation sites (tertiary alicyclic amines) is 1. The Morgan fingerprint density at radius 3 is 2.05 bits per heavy atom. The SMILES string of the molecule is COc1ccc(-c2nc(C3CCN(C(=O)OCc4ccccc4)CC3)oc2-c2ccc(OC)cc2)cc1. The largest absolute Gasteiger partial charge is 0.497 e. The van der Waals surface area contributed by atoms with Crippen molar-refractivity contribution in [3.63, 3.8) is 0 Å². The average Bonchev–Trinajstić information content (AvgIpc) is 3.42. The van der Waals surface area contributed by atoms with Crippen LogP contribution < -0.4 is 9.47 Å². The summed E-state index contributed by atoms with van der Waals surface area (Å²) in [6, 6.07) is 25.3. The second-order valence-corrected chi connectivity index (χ2v) is 8.99. The lowest BCUT2D eigenvalue weighted by atomic mass is 9.97. The minimum atomic E-state index is -0.285. The minimum absolute atomic E-state index is 0.113. The van der Waals surface area contributed by atoms with Crippen molar-refractivity contribution in [3.05, 3.63) is 90.3 Å². The lowest BCUT2D eigenvalue weighted by molar-refractivity contribution is 0.0856. The van der Waals surface area contributed by atoms with Crippen LogP contribution in [0.3, 0.4) is 0 Å². The summed E-state index contributed by atoms with van der Waals surface area (Å²) in [6.45, 7) is 1.46. The van der Waals surface area contributed by atoms with Crippen LogP contribution in [0, 0.1) is 0 Å². The third-order valence-electron chi connectivity index (χ3n) is 6.67. The van der Waals surface area contributed by atoms with Crippen molar-refractivity contribution >= 4 is 6.09 Å². The van der Waals surface area contributed by atoms with E-state index in [1.54, 1.807) is 19.1 Å². The highest BCUT2D eigenvalue weighted by molar-refractivity contribution is 5.77. The summed E-state index contributed by atoms with van der Waals surface area (Å²) in [5.74, 6) is 3.08. The summed E-state index contributed by atoms with van der Waals surface area (Å²) < 4.78 is 22.6. The van der Waals surface area contributed by atoms with Crippen LogP contribution >= 0.6 is 0 Å². The fourth-order valence-corrected chi connectivity index (χ4v) is 4.51. The van der Waals surface area contributed by atoms with Gasteiger partial charge < -0.3 is 23.5 Å². The van der Waals surface area contributed by atoms with Gasteiger partial charge in [-0.3, -0.25) is 0 Å². The van der Waals surface area contributed by atoms with Crippen molar-refractivity contribution in [2.75, 3.05) is 27.3 Å². The van der Waals surface area contributed by atoms with Gasteiger partial charge in [-0.05, 0) is 66.9 Å². The van der Waals surface area contributed by atoms with Gasteiger partial charge in [0.15, 0.2) is 11.7 Å². The molecule has 0 atom stereocenters. The fourth-order valence-electron chi connectivity index (χ4n) is 4.51. The number of methoxy groups -OCH3 is 2. The Hall–Kier alpha value is -4.26. The number of hydrogen-bond donors (Lipinski definition) is 0. The summed E-state index contributed by atoms with van der Waals surface area (Å²) in [7, 11) is 3.30. The maximum atomic E-state index is 12.6. The lowest BCUT2D eigenvalue weighted by Gasteiger charge is -2.29. The van der Waals surface area contributed by atoms with Crippen LogP contribution in [0.2, 0.25) is 0 Å². The molecular weight excluding hydrogens is 468 g/mol. The highest BCUT2D eigenvalue weighted by atomic mass is 16.6. The number of ether oxygens (including phenoxy) is 3. The van der Waals surface area contributed by atoms with Crippen molar-refractivity contribution < 1.29 is 23.4 Å². The molecule has 1 aliphatic heterocycles. The second-order valence-electron chi connectivity index (χ2n) is 8.99. The summed E-state index contributed by atoms with van der Waals surface area (Å²) in [5, 5.41) is 0. The Labute approximate surface area is 216 Å². The van der Waals surface area contributed by atoms with Gasteiger partial charge in [0.25, 0.3) is 0 Å². The average molecular weight is 499 g/mol. The molecule has 190 valence electrons. The maximum absolute atomic E-state index is 12.6. The molecule has 0 N–H and O–H groups in total. The lowest BCUT2D eigenvalue weighted by Crippen LogP contribution is -2.38. The zero-order chi connectivity index (χ0) is 25.6. The van der Waals surface area contributed by atoms with Crippen molar-refractivity contribution in [1.29, 1.82) is 0 Å². The third-order valence-corrected chi connectivity index (χ3v) is 6.67. The molecule has 5 rings (SSSR count). The minimum Gasteiger partial charge on any atom is -0.497 e. The van der Waals surface area contributed by atoms with E-state index in [9.17, 15) is 4.79 Å². The monoisotopic (exact) mass is 498 g/mol. The molecule has 1 saturated heterocycles. The highest BCUT2D eigenvalue weighted by Gasteiger charge is 2.29. The predicted octanol–water partition coefficient (Wildman–Crippen LogP) is 6.54. The Bertz CT molecular complexity index is 1240. The molecule has 0 unspecified atom stereocenters. The molecule has 1 aromatic heterocycles. The van der Waals surface area contributed by atoms with Gasteiger partial charge in [-0.15, -0.1) is 0 Å². The Morgan fingerprint density at radius 1 is 0.865 bits per heavy atom. The topological polar surface area (TPSA) is 74.0 Å². The van der Waals surface area contributed by atoms with Gasteiger partial charge in [0.05, 0.1) is 14.2 Å². The first-order valence-corrected chi connectivity index (χ1v) is 12.4. The van der Waals surface area contributed by atoms with Gasteiger partial charge in [-0.2, -0.15) is 0 Å². The number of carbonyl (C=O) groups is 1. The van der Waals surface area contributed by atoms with Gasteiger partial charge in [-0.25, -0.2) is 9.78 Å². The highest BCUT2D eigenvalue weighted by Crippen LogP contribution is 2.38. The molecule has 4 aromatic rings. The van der Waals surface area contributed by atoms with Crippen molar-refractivity contribution in [3.8, 4) is 34.1 Å². The van der Waals surface area contributed by atoms with E-state index in [-0.39, 0.29) is 18.6 Å². The predicted molar refractivity (Wildman–Crippen MR) is 141 cm³/mol. The first-order chi connectivity index (χ1) is 18.1. The number of benzene rings is 3. The molecule has 0 saturated carbocycles. The van der Waals surface area contributed by atoms with Crippen LogP contribution in [-0.4, -0.2) is 43.3 Å². The van der Waals surface area contributed by atoms with Gasteiger partial charge in [0.2, 0.25) is 0 Å². The molecular formula is C30H30N2O5. The number of rotatable bonds is 7. The van der Waals surface area contributed by atoms with E-state index in [4.69, 9.17) is 23.6 Å². The second kappa shape index (κ2) is 11.2. The van der Waals surface area contributed by atoms with Crippen LogP contribution in [0.25, 0.3) is 22.6 Å². The molecule has 1 aliphatic rings. The number of hydrogen-bond acceptors (Lipinski definition) is 6. The van der Waals surface area contributed by atoms with Crippen LogP contribution in [0.4, 0.5) is 4.79 Å². The Morgan fingerprint density at radius 2 is 1.46 bits per heavy atom. The number of nitrogens with zero attached hydrogens (tertiary/aromatic N) is 2. The zero-order valence-corrected chi connectivity index (χ0v) is 21.1. The van der Waals surface area contributed by atoms with E-state index in [1.165, 1.54) is 0 Å². The Kier molecular flexibility index (Phi) is 7.40. The number of oxazole rings is 1. The standard InChI is InChI=1S/C30H30N2O5/c1-34-25-12-8-22(9-13-25)27-28(23-10-14-26(35-2)15-11-23)37-29(31-27)24-16-18-32(19-17-24)30(33)36-20-21-6-4-3-5-7-21/h3-15,24H,16-20H2,1-2H3. The molecule has 2 heterocycles.